The third-order valence-corrected chi connectivity index (χ3v) is 8.92. The van der Waals surface area contributed by atoms with Gasteiger partial charge in [0.1, 0.15) is 0 Å². The van der Waals surface area contributed by atoms with Crippen LogP contribution in [0, 0.1) is 16.7 Å². The molecule has 0 aromatic heterocycles. The second-order valence-corrected chi connectivity index (χ2v) is 12.6. The molecular formula is C31H64O4. The van der Waals surface area contributed by atoms with Crippen LogP contribution in [0.3, 0.4) is 0 Å². The molecule has 35 heavy (non-hydrogen) atoms. The third kappa shape index (κ3) is 10.6. The van der Waals surface area contributed by atoms with Crippen LogP contribution >= 0.6 is 0 Å². The van der Waals surface area contributed by atoms with E-state index in [0.29, 0.717) is 25.0 Å². The van der Waals surface area contributed by atoms with Crippen molar-refractivity contribution < 1.29 is 19.3 Å². The zero-order valence-electron chi connectivity index (χ0n) is 26.1. The second kappa shape index (κ2) is 15.3. The van der Waals surface area contributed by atoms with Crippen LogP contribution in [0.25, 0.3) is 0 Å². The minimum atomic E-state index is -0.688. The molecule has 4 heteroatoms. The molecule has 0 aromatic rings. The van der Waals surface area contributed by atoms with E-state index in [-0.39, 0.29) is 28.6 Å². The van der Waals surface area contributed by atoms with Crippen LogP contribution in [0.5, 0.6) is 0 Å². The van der Waals surface area contributed by atoms with E-state index in [9.17, 15) is 5.11 Å². The van der Waals surface area contributed by atoms with Crippen molar-refractivity contribution >= 4 is 0 Å². The summed E-state index contributed by atoms with van der Waals surface area (Å²) < 4.78 is 19.7. The van der Waals surface area contributed by atoms with Crippen molar-refractivity contribution in [3.05, 3.63) is 0 Å². The molecule has 0 saturated heterocycles. The van der Waals surface area contributed by atoms with Crippen LogP contribution in [-0.4, -0.2) is 47.8 Å². The molecule has 0 radical (unpaired) electrons. The monoisotopic (exact) mass is 500 g/mol. The zero-order chi connectivity index (χ0) is 27.5. The number of hydrogen-bond acceptors (Lipinski definition) is 4. The van der Waals surface area contributed by atoms with Gasteiger partial charge in [-0.15, -0.1) is 0 Å². The summed E-state index contributed by atoms with van der Waals surface area (Å²) in [4.78, 5) is 0. The Bertz CT molecular complexity index is 545. The first-order valence-electron chi connectivity index (χ1n) is 14.7. The topological polar surface area (TPSA) is 47.9 Å². The van der Waals surface area contributed by atoms with Gasteiger partial charge in [-0.2, -0.15) is 0 Å². The highest BCUT2D eigenvalue weighted by Crippen LogP contribution is 2.46. The molecule has 4 unspecified atom stereocenters. The number of aliphatic hydroxyl groups is 1. The molecule has 0 amide bonds. The van der Waals surface area contributed by atoms with Gasteiger partial charge in [-0.3, -0.25) is 0 Å². The molecule has 0 spiro atoms. The molecule has 0 aliphatic carbocycles. The summed E-state index contributed by atoms with van der Waals surface area (Å²) in [5.41, 5.74) is -0.855. The Hall–Kier alpha value is -0.160. The van der Waals surface area contributed by atoms with Gasteiger partial charge in [0.2, 0.25) is 0 Å². The van der Waals surface area contributed by atoms with Gasteiger partial charge in [0.15, 0.2) is 0 Å². The summed E-state index contributed by atoms with van der Waals surface area (Å²) in [6, 6.07) is 0. The van der Waals surface area contributed by atoms with Crippen LogP contribution < -0.4 is 0 Å². The SMILES string of the molecule is CCC(CC)OCC(C)(CC)C(CC)(CC)OC(C)CC(C)(C)C(CC)C(C)OCCC(C)(C)O. The van der Waals surface area contributed by atoms with Crippen molar-refractivity contribution in [3.8, 4) is 0 Å². The fraction of sp³-hybridized carbons (Fsp3) is 1.00. The highest BCUT2D eigenvalue weighted by atomic mass is 16.5. The Morgan fingerprint density at radius 1 is 0.743 bits per heavy atom. The largest absolute Gasteiger partial charge is 0.390 e. The first-order chi connectivity index (χ1) is 16.1. The molecule has 1 N–H and O–H groups in total. The van der Waals surface area contributed by atoms with Gasteiger partial charge in [-0.25, -0.2) is 0 Å². The molecule has 4 atom stereocenters. The Morgan fingerprint density at radius 2 is 1.29 bits per heavy atom. The Balaban J connectivity index is 5.50. The number of rotatable bonds is 20. The van der Waals surface area contributed by atoms with E-state index in [1.807, 2.05) is 13.8 Å². The predicted octanol–water partition coefficient (Wildman–Crippen LogP) is 8.58. The summed E-state index contributed by atoms with van der Waals surface area (Å²) >= 11 is 0. The lowest BCUT2D eigenvalue weighted by molar-refractivity contribution is -0.196. The van der Waals surface area contributed by atoms with Crippen molar-refractivity contribution in [2.75, 3.05) is 13.2 Å². The fourth-order valence-electron chi connectivity index (χ4n) is 6.24. The lowest BCUT2D eigenvalue weighted by atomic mass is 9.68. The standard InChI is InChI=1S/C31H64O4/c1-14-26(15-2)34-23-30(13,17-4)31(18-5,19-6)35-24(7)22-28(9,10)27(16-3)25(8)33-21-20-29(11,12)32/h24-27,32H,14-23H2,1-13H3. The highest BCUT2D eigenvalue weighted by Gasteiger charge is 2.48. The van der Waals surface area contributed by atoms with Crippen LogP contribution in [-0.2, 0) is 14.2 Å². The quantitative estimate of drug-likeness (QED) is 0.182. The Labute approximate surface area is 220 Å². The van der Waals surface area contributed by atoms with Crippen molar-refractivity contribution in [3.63, 3.8) is 0 Å². The summed E-state index contributed by atoms with van der Waals surface area (Å²) in [7, 11) is 0. The van der Waals surface area contributed by atoms with E-state index in [1.54, 1.807) is 0 Å². The van der Waals surface area contributed by atoms with Crippen LogP contribution in [0.15, 0.2) is 0 Å². The second-order valence-electron chi connectivity index (χ2n) is 12.6. The lowest BCUT2D eigenvalue weighted by Crippen LogP contribution is -2.53. The van der Waals surface area contributed by atoms with E-state index >= 15 is 0 Å². The van der Waals surface area contributed by atoms with Crippen LogP contribution in [0.1, 0.15) is 141 Å². The van der Waals surface area contributed by atoms with Crippen molar-refractivity contribution in [2.24, 2.45) is 16.7 Å². The average Bonchev–Trinajstić information content (AvgIpc) is 2.76. The summed E-state index contributed by atoms with van der Waals surface area (Å²) in [6.07, 6.45) is 8.42. The Morgan fingerprint density at radius 3 is 1.69 bits per heavy atom. The van der Waals surface area contributed by atoms with E-state index < -0.39 is 5.60 Å². The molecule has 0 saturated carbocycles. The molecule has 0 fully saturated rings. The maximum atomic E-state index is 10.0. The van der Waals surface area contributed by atoms with Gasteiger partial charge in [-0.1, -0.05) is 68.7 Å². The normalized spacial score (nSPS) is 17.9. The molecule has 0 aromatic carbocycles. The van der Waals surface area contributed by atoms with E-state index in [1.165, 1.54) is 0 Å². The molecule has 0 bridgehead atoms. The molecule has 4 nitrogen and oxygen atoms in total. The first kappa shape index (κ1) is 34.8. The van der Waals surface area contributed by atoms with E-state index in [4.69, 9.17) is 14.2 Å². The molecule has 0 heterocycles. The van der Waals surface area contributed by atoms with Gasteiger partial charge >= 0.3 is 0 Å². The average molecular weight is 501 g/mol. The fourth-order valence-corrected chi connectivity index (χ4v) is 6.24. The minimum Gasteiger partial charge on any atom is -0.390 e. The van der Waals surface area contributed by atoms with Crippen molar-refractivity contribution in [1.29, 1.82) is 0 Å². The zero-order valence-corrected chi connectivity index (χ0v) is 26.1. The molecule has 0 aliphatic heterocycles. The molecular weight excluding hydrogens is 436 g/mol. The predicted molar refractivity (Wildman–Crippen MR) is 151 cm³/mol. The maximum Gasteiger partial charge on any atom is 0.0756 e. The molecule has 212 valence electrons. The minimum absolute atomic E-state index is 0.0326. The molecule has 0 aliphatic rings. The molecule has 0 rings (SSSR count). The van der Waals surface area contributed by atoms with Crippen molar-refractivity contribution in [2.45, 2.75) is 171 Å². The smallest absolute Gasteiger partial charge is 0.0756 e. The summed E-state index contributed by atoms with van der Waals surface area (Å²) in [5.74, 6) is 0.420. The maximum absolute atomic E-state index is 10.0. The number of ether oxygens (including phenoxy) is 3. The van der Waals surface area contributed by atoms with Gasteiger partial charge in [0, 0.05) is 12.0 Å². The number of hydrogen-bond donors (Lipinski definition) is 1. The first-order valence-corrected chi connectivity index (χ1v) is 14.7. The van der Waals surface area contributed by atoms with Crippen molar-refractivity contribution in [1.82, 2.24) is 0 Å². The van der Waals surface area contributed by atoms with Gasteiger partial charge in [0.05, 0.1) is 36.1 Å². The van der Waals surface area contributed by atoms with E-state index in [2.05, 4.69) is 76.2 Å². The highest BCUT2D eigenvalue weighted by molar-refractivity contribution is 4.97. The van der Waals surface area contributed by atoms with Gasteiger partial charge < -0.3 is 19.3 Å². The third-order valence-electron chi connectivity index (χ3n) is 8.92. The summed E-state index contributed by atoms with van der Waals surface area (Å²) in [5, 5.41) is 10.0. The van der Waals surface area contributed by atoms with E-state index in [0.717, 1.165) is 51.6 Å². The van der Waals surface area contributed by atoms with Gasteiger partial charge in [0.25, 0.3) is 0 Å². The lowest BCUT2D eigenvalue weighted by Gasteiger charge is -2.50. The van der Waals surface area contributed by atoms with Crippen LogP contribution in [0.4, 0.5) is 0 Å². The Kier molecular flexibility index (Phi) is 15.2. The van der Waals surface area contributed by atoms with Crippen LogP contribution in [0.2, 0.25) is 0 Å². The summed E-state index contributed by atoms with van der Waals surface area (Å²) in [6.45, 7) is 30.1. The van der Waals surface area contributed by atoms with Gasteiger partial charge in [-0.05, 0) is 84.0 Å².